The van der Waals surface area contributed by atoms with Gasteiger partial charge in [0.2, 0.25) is 12.7 Å². The van der Waals surface area contributed by atoms with Gasteiger partial charge in [0.05, 0.1) is 5.69 Å². The zero-order valence-corrected chi connectivity index (χ0v) is 14.0. The minimum Gasteiger partial charge on any atom is -0.454 e. The summed E-state index contributed by atoms with van der Waals surface area (Å²) in [5.41, 5.74) is 1.01. The molecule has 0 spiro atoms. The molecule has 0 unspecified atom stereocenters. The average molecular weight is 374 g/mol. The van der Waals surface area contributed by atoms with Crippen LogP contribution in [0.1, 0.15) is 5.69 Å². The number of anilines is 4. The highest BCUT2D eigenvalue weighted by Gasteiger charge is 2.16. The van der Waals surface area contributed by atoms with E-state index < -0.39 is 17.5 Å². The van der Waals surface area contributed by atoms with E-state index in [2.05, 4.69) is 20.6 Å². The van der Waals surface area contributed by atoms with Gasteiger partial charge in [-0.3, -0.25) is 0 Å². The number of aromatic nitrogens is 2. The highest BCUT2D eigenvalue weighted by molar-refractivity contribution is 5.63. The number of benzene rings is 2. The second-order valence-corrected chi connectivity index (χ2v) is 5.76. The van der Waals surface area contributed by atoms with Crippen LogP contribution >= 0.6 is 0 Å². The van der Waals surface area contributed by atoms with Crippen LogP contribution in [0.4, 0.5) is 36.3 Å². The Morgan fingerprint density at radius 3 is 2.56 bits per heavy atom. The van der Waals surface area contributed by atoms with Crippen molar-refractivity contribution in [2.24, 2.45) is 0 Å². The number of hydrogen-bond acceptors (Lipinski definition) is 6. The maximum atomic E-state index is 13.9. The standard InChI is InChI=1S/C18H13F3N4O2/c1-9-6-15(24-12-4-3-11(19)16(20)17(12)21)25-18(22-9)23-10-2-5-13-14(7-10)27-8-26-13/h2-7H,8H2,1H3,(H2,22,23,24,25). The van der Waals surface area contributed by atoms with Crippen LogP contribution in [-0.2, 0) is 0 Å². The zero-order chi connectivity index (χ0) is 19.0. The molecule has 0 saturated carbocycles. The highest BCUT2D eigenvalue weighted by atomic mass is 19.2. The molecule has 6 nitrogen and oxygen atoms in total. The topological polar surface area (TPSA) is 68.3 Å². The van der Waals surface area contributed by atoms with Crippen LogP contribution in [0.5, 0.6) is 11.5 Å². The predicted octanol–water partition coefficient (Wildman–Crippen LogP) is 4.42. The molecule has 138 valence electrons. The highest BCUT2D eigenvalue weighted by Crippen LogP contribution is 2.35. The summed E-state index contributed by atoms with van der Waals surface area (Å²) in [5.74, 6) is -2.45. The molecule has 1 aromatic heterocycles. The van der Waals surface area contributed by atoms with Crippen LogP contribution in [0, 0.1) is 24.4 Å². The van der Waals surface area contributed by atoms with E-state index in [-0.39, 0.29) is 24.2 Å². The minimum absolute atomic E-state index is 0.160. The fourth-order valence-electron chi connectivity index (χ4n) is 2.55. The maximum Gasteiger partial charge on any atom is 0.231 e. The number of nitrogens with one attached hydrogen (secondary N) is 2. The van der Waals surface area contributed by atoms with E-state index in [4.69, 9.17) is 9.47 Å². The van der Waals surface area contributed by atoms with Crippen molar-refractivity contribution in [1.29, 1.82) is 0 Å². The van der Waals surface area contributed by atoms with Crippen LogP contribution in [0.3, 0.4) is 0 Å². The SMILES string of the molecule is Cc1cc(Nc2ccc(F)c(F)c2F)nc(Nc2ccc3c(c2)OCO3)n1. The van der Waals surface area contributed by atoms with E-state index >= 15 is 0 Å². The first-order valence-corrected chi connectivity index (χ1v) is 7.92. The molecule has 0 atom stereocenters. The Kier molecular flexibility index (Phi) is 4.19. The molecule has 9 heteroatoms. The molecule has 1 aliphatic heterocycles. The number of nitrogens with zero attached hydrogens (tertiary/aromatic N) is 2. The Hall–Kier alpha value is -3.49. The van der Waals surface area contributed by atoms with E-state index in [9.17, 15) is 13.2 Å². The Labute approximate surface area is 152 Å². The third-order valence-corrected chi connectivity index (χ3v) is 3.78. The van der Waals surface area contributed by atoms with E-state index in [1.54, 1.807) is 31.2 Å². The molecule has 27 heavy (non-hydrogen) atoms. The largest absolute Gasteiger partial charge is 0.454 e. The molecule has 0 fully saturated rings. The number of aryl methyl sites for hydroxylation is 1. The number of rotatable bonds is 4. The molecule has 0 amide bonds. The summed E-state index contributed by atoms with van der Waals surface area (Å²) in [7, 11) is 0. The van der Waals surface area contributed by atoms with Crippen LogP contribution in [0.15, 0.2) is 36.4 Å². The van der Waals surface area contributed by atoms with Gasteiger partial charge in [0.25, 0.3) is 0 Å². The van der Waals surface area contributed by atoms with Gasteiger partial charge in [0, 0.05) is 23.5 Å². The quantitative estimate of drug-likeness (QED) is 0.659. The molecule has 2 N–H and O–H groups in total. The lowest BCUT2D eigenvalue weighted by Gasteiger charge is -2.11. The Bertz CT molecular complexity index is 1030. The first-order chi connectivity index (χ1) is 13.0. The van der Waals surface area contributed by atoms with Gasteiger partial charge in [-0.05, 0) is 31.2 Å². The number of hydrogen-bond donors (Lipinski definition) is 2. The van der Waals surface area contributed by atoms with Crippen molar-refractivity contribution in [2.75, 3.05) is 17.4 Å². The second-order valence-electron chi connectivity index (χ2n) is 5.76. The first kappa shape index (κ1) is 17.0. The predicted molar refractivity (Wildman–Crippen MR) is 92.2 cm³/mol. The molecule has 0 radical (unpaired) electrons. The van der Waals surface area contributed by atoms with Gasteiger partial charge in [-0.1, -0.05) is 0 Å². The van der Waals surface area contributed by atoms with Crippen molar-refractivity contribution in [3.63, 3.8) is 0 Å². The molecule has 2 aromatic carbocycles. The van der Waals surface area contributed by atoms with E-state index in [1.807, 2.05) is 0 Å². The van der Waals surface area contributed by atoms with Crippen molar-refractivity contribution in [2.45, 2.75) is 6.92 Å². The second kappa shape index (κ2) is 6.67. The normalized spacial score (nSPS) is 12.1. The molecular formula is C18H13F3N4O2. The van der Waals surface area contributed by atoms with Crippen LogP contribution < -0.4 is 20.1 Å². The lowest BCUT2D eigenvalue weighted by atomic mass is 10.2. The Morgan fingerprint density at radius 1 is 0.889 bits per heavy atom. The Morgan fingerprint density at radius 2 is 1.70 bits per heavy atom. The van der Waals surface area contributed by atoms with Gasteiger partial charge in [-0.2, -0.15) is 4.98 Å². The fraction of sp³-hybridized carbons (Fsp3) is 0.111. The monoisotopic (exact) mass is 374 g/mol. The van der Waals surface area contributed by atoms with Crippen LogP contribution in [0.25, 0.3) is 0 Å². The van der Waals surface area contributed by atoms with Crippen molar-refractivity contribution in [3.05, 3.63) is 59.5 Å². The van der Waals surface area contributed by atoms with Crippen molar-refractivity contribution < 1.29 is 22.6 Å². The third kappa shape index (κ3) is 3.43. The van der Waals surface area contributed by atoms with E-state index in [1.165, 1.54) is 0 Å². The summed E-state index contributed by atoms with van der Waals surface area (Å²) >= 11 is 0. The van der Waals surface area contributed by atoms with Gasteiger partial charge < -0.3 is 20.1 Å². The lowest BCUT2D eigenvalue weighted by molar-refractivity contribution is 0.174. The summed E-state index contributed by atoms with van der Waals surface area (Å²) in [5, 5.41) is 5.64. The first-order valence-electron chi connectivity index (χ1n) is 7.92. The summed E-state index contributed by atoms with van der Waals surface area (Å²) in [4.78, 5) is 8.48. The van der Waals surface area contributed by atoms with Crippen molar-refractivity contribution >= 4 is 23.1 Å². The van der Waals surface area contributed by atoms with Gasteiger partial charge in [0.15, 0.2) is 29.0 Å². The molecular weight excluding hydrogens is 361 g/mol. The molecule has 2 heterocycles. The Balaban J connectivity index is 1.59. The third-order valence-electron chi connectivity index (χ3n) is 3.78. The molecule has 4 rings (SSSR count). The minimum atomic E-state index is -1.55. The smallest absolute Gasteiger partial charge is 0.231 e. The average Bonchev–Trinajstić information content (AvgIpc) is 3.09. The number of ether oxygens (including phenoxy) is 2. The molecule has 0 aliphatic carbocycles. The summed E-state index contributed by atoms with van der Waals surface area (Å²) in [6.45, 7) is 1.88. The molecule has 0 bridgehead atoms. The zero-order valence-electron chi connectivity index (χ0n) is 14.0. The van der Waals surface area contributed by atoms with Gasteiger partial charge in [-0.25, -0.2) is 18.2 Å². The van der Waals surface area contributed by atoms with E-state index in [0.29, 0.717) is 22.9 Å². The number of fused-ring (bicyclic) bond motifs is 1. The number of halogens is 3. The lowest BCUT2D eigenvalue weighted by Crippen LogP contribution is -2.04. The van der Waals surface area contributed by atoms with Crippen LogP contribution in [0.2, 0.25) is 0 Å². The fourth-order valence-corrected chi connectivity index (χ4v) is 2.55. The maximum absolute atomic E-state index is 13.9. The molecule has 3 aromatic rings. The summed E-state index contributed by atoms with van der Waals surface area (Å²) < 4.78 is 50.9. The molecule has 1 aliphatic rings. The van der Waals surface area contributed by atoms with Crippen molar-refractivity contribution in [3.8, 4) is 11.5 Å². The van der Waals surface area contributed by atoms with Crippen molar-refractivity contribution in [1.82, 2.24) is 9.97 Å². The summed E-state index contributed by atoms with van der Waals surface area (Å²) in [6, 6.07) is 8.72. The van der Waals surface area contributed by atoms with Gasteiger partial charge in [-0.15, -0.1) is 0 Å². The molecule has 0 saturated heterocycles. The van der Waals surface area contributed by atoms with E-state index in [0.717, 1.165) is 12.1 Å². The summed E-state index contributed by atoms with van der Waals surface area (Å²) in [6.07, 6.45) is 0. The van der Waals surface area contributed by atoms with Gasteiger partial charge in [0.1, 0.15) is 5.82 Å². The van der Waals surface area contributed by atoms with Crippen LogP contribution in [-0.4, -0.2) is 16.8 Å². The van der Waals surface area contributed by atoms with Gasteiger partial charge >= 0.3 is 0 Å².